The van der Waals surface area contributed by atoms with Crippen molar-refractivity contribution < 1.29 is 13.2 Å². The number of hydrogen-bond donors (Lipinski definition) is 2. The Labute approximate surface area is 113 Å². The predicted molar refractivity (Wildman–Crippen MR) is 75.0 cm³/mol. The molecule has 1 aromatic rings. The Kier molecular flexibility index (Phi) is 5.29. The molecule has 1 aromatic heterocycles. The van der Waals surface area contributed by atoms with Crippen LogP contribution in [0.25, 0.3) is 0 Å². The summed E-state index contributed by atoms with van der Waals surface area (Å²) in [5, 5.41) is 5.68. The lowest BCUT2D eigenvalue weighted by molar-refractivity contribution is 0.0938. The molecule has 0 aliphatic rings. The Morgan fingerprint density at radius 1 is 1.42 bits per heavy atom. The van der Waals surface area contributed by atoms with Crippen molar-refractivity contribution in [1.29, 1.82) is 0 Å². The maximum absolute atomic E-state index is 11.8. The van der Waals surface area contributed by atoms with E-state index in [1.807, 2.05) is 6.92 Å². The molecular weight excluding hydrogens is 266 g/mol. The zero-order valence-electron chi connectivity index (χ0n) is 11.3. The number of carbonyl (C=O) groups is 1. The van der Waals surface area contributed by atoms with Crippen LogP contribution in [0.1, 0.15) is 24.3 Å². The maximum Gasteiger partial charge on any atom is 0.270 e. The summed E-state index contributed by atoms with van der Waals surface area (Å²) in [6, 6.07) is 2.91. The standard InChI is InChI=1S/C12H19N3O3S/c1-4-13-10-5-6-11(14-7-10)12(16)15-9(2)8-19(3,17)18/h5-7,9,13H,4,8H2,1-3H3,(H,15,16). The van der Waals surface area contributed by atoms with E-state index in [4.69, 9.17) is 0 Å². The molecule has 6 nitrogen and oxygen atoms in total. The number of hydrogen-bond acceptors (Lipinski definition) is 5. The molecule has 0 saturated carbocycles. The normalized spacial score (nSPS) is 12.8. The SMILES string of the molecule is CCNc1ccc(C(=O)NC(C)CS(C)(=O)=O)nc1. The Bertz CT molecular complexity index is 526. The number of rotatable bonds is 6. The molecule has 1 amide bonds. The summed E-state index contributed by atoms with van der Waals surface area (Å²) in [6.07, 6.45) is 2.71. The van der Waals surface area contributed by atoms with E-state index in [2.05, 4.69) is 15.6 Å². The summed E-state index contributed by atoms with van der Waals surface area (Å²) in [7, 11) is -3.11. The van der Waals surface area contributed by atoms with E-state index in [9.17, 15) is 13.2 Å². The van der Waals surface area contributed by atoms with Gasteiger partial charge in [0.1, 0.15) is 15.5 Å². The monoisotopic (exact) mass is 285 g/mol. The van der Waals surface area contributed by atoms with Gasteiger partial charge in [-0.15, -0.1) is 0 Å². The Morgan fingerprint density at radius 2 is 2.11 bits per heavy atom. The number of aromatic nitrogens is 1. The highest BCUT2D eigenvalue weighted by atomic mass is 32.2. The predicted octanol–water partition coefficient (Wildman–Crippen LogP) is 0.676. The maximum atomic E-state index is 11.8. The van der Waals surface area contributed by atoms with Gasteiger partial charge in [0.15, 0.2) is 0 Å². The number of pyridine rings is 1. The van der Waals surface area contributed by atoms with Gasteiger partial charge in [0.25, 0.3) is 5.91 Å². The third kappa shape index (κ3) is 5.69. The number of carbonyl (C=O) groups excluding carboxylic acids is 1. The van der Waals surface area contributed by atoms with Crippen molar-refractivity contribution in [2.24, 2.45) is 0 Å². The molecule has 0 aromatic carbocycles. The number of sulfone groups is 1. The van der Waals surface area contributed by atoms with Gasteiger partial charge in [-0.1, -0.05) is 0 Å². The van der Waals surface area contributed by atoms with Crippen LogP contribution in [-0.4, -0.2) is 43.9 Å². The van der Waals surface area contributed by atoms with Crippen LogP contribution >= 0.6 is 0 Å². The van der Waals surface area contributed by atoms with Crippen molar-refractivity contribution in [1.82, 2.24) is 10.3 Å². The van der Waals surface area contributed by atoms with Crippen LogP contribution in [0.3, 0.4) is 0 Å². The van der Waals surface area contributed by atoms with Gasteiger partial charge < -0.3 is 10.6 Å². The molecule has 1 atom stereocenters. The van der Waals surface area contributed by atoms with Crippen molar-refractivity contribution in [3.8, 4) is 0 Å². The highest BCUT2D eigenvalue weighted by Crippen LogP contribution is 2.05. The van der Waals surface area contributed by atoms with E-state index in [0.717, 1.165) is 18.5 Å². The molecule has 1 rings (SSSR count). The molecule has 7 heteroatoms. The molecule has 106 valence electrons. The summed E-state index contributed by atoms with van der Waals surface area (Å²) < 4.78 is 22.2. The highest BCUT2D eigenvalue weighted by Gasteiger charge is 2.15. The second kappa shape index (κ2) is 6.51. The van der Waals surface area contributed by atoms with Gasteiger partial charge >= 0.3 is 0 Å². The second-order valence-corrected chi connectivity index (χ2v) is 6.61. The summed E-state index contributed by atoms with van der Waals surface area (Å²) >= 11 is 0. The molecule has 0 aliphatic carbocycles. The fourth-order valence-electron chi connectivity index (χ4n) is 1.63. The molecule has 19 heavy (non-hydrogen) atoms. The average molecular weight is 285 g/mol. The number of anilines is 1. The lowest BCUT2D eigenvalue weighted by Gasteiger charge is -2.12. The van der Waals surface area contributed by atoms with Crippen molar-refractivity contribution in [2.45, 2.75) is 19.9 Å². The van der Waals surface area contributed by atoms with Gasteiger partial charge in [0.2, 0.25) is 0 Å². The lowest BCUT2D eigenvalue weighted by atomic mass is 10.3. The first kappa shape index (κ1) is 15.4. The minimum atomic E-state index is -3.11. The minimum Gasteiger partial charge on any atom is -0.384 e. The van der Waals surface area contributed by atoms with Crippen LogP contribution in [0.5, 0.6) is 0 Å². The molecule has 0 spiro atoms. The van der Waals surface area contributed by atoms with E-state index >= 15 is 0 Å². The van der Waals surface area contributed by atoms with Crippen LogP contribution in [0.2, 0.25) is 0 Å². The molecule has 1 heterocycles. The largest absolute Gasteiger partial charge is 0.384 e. The molecular formula is C12H19N3O3S. The quantitative estimate of drug-likeness (QED) is 0.802. The minimum absolute atomic E-state index is 0.0891. The highest BCUT2D eigenvalue weighted by molar-refractivity contribution is 7.90. The third-order valence-electron chi connectivity index (χ3n) is 2.31. The van der Waals surface area contributed by atoms with Gasteiger partial charge in [0.05, 0.1) is 17.6 Å². The van der Waals surface area contributed by atoms with Crippen molar-refractivity contribution in [3.63, 3.8) is 0 Å². The van der Waals surface area contributed by atoms with Crippen LogP contribution in [0.15, 0.2) is 18.3 Å². The van der Waals surface area contributed by atoms with Crippen LogP contribution in [0, 0.1) is 0 Å². The summed E-state index contributed by atoms with van der Waals surface area (Å²) in [5.74, 6) is -0.465. The third-order valence-corrected chi connectivity index (χ3v) is 3.41. The van der Waals surface area contributed by atoms with Crippen LogP contribution in [0.4, 0.5) is 5.69 Å². The van der Waals surface area contributed by atoms with Crippen molar-refractivity contribution >= 4 is 21.4 Å². The van der Waals surface area contributed by atoms with E-state index in [1.54, 1.807) is 25.3 Å². The van der Waals surface area contributed by atoms with Gasteiger partial charge in [-0.3, -0.25) is 4.79 Å². The number of nitrogens with zero attached hydrogens (tertiary/aromatic N) is 1. The van der Waals surface area contributed by atoms with E-state index in [1.165, 1.54) is 0 Å². The first-order valence-corrected chi connectivity index (χ1v) is 8.06. The fourth-order valence-corrected chi connectivity index (χ4v) is 2.62. The average Bonchev–Trinajstić information content (AvgIpc) is 2.27. The molecule has 0 radical (unpaired) electrons. The van der Waals surface area contributed by atoms with E-state index < -0.39 is 15.9 Å². The van der Waals surface area contributed by atoms with E-state index in [0.29, 0.717) is 0 Å². The van der Waals surface area contributed by atoms with E-state index in [-0.39, 0.29) is 17.4 Å². The molecule has 0 aliphatic heterocycles. The van der Waals surface area contributed by atoms with Crippen molar-refractivity contribution in [2.75, 3.05) is 23.9 Å². The van der Waals surface area contributed by atoms with Crippen LogP contribution in [-0.2, 0) is 9.84 Å². The topological polar surface area (TPSA) is 88.2 Å². The lowest BCUT2D eigenvalue weighted by Crippen LogP contribution is -2.37. The number of nitrogens with one attached hydrogen (secondary N) is 2. The fraction of sp³-hybridized carbons (Fsp3) is 0.500. The Balaban J connectivity index is 2.63. The zero-order chi connectivity index (χ0) is 14.5. The number of amides is 1. The Morgan fingerprint density at radius 3 is 2.58 bits per heavy atom. The summed E-state index contributed by atoms with van der Waals surface area (Å²) in [5.41, 5.74) is 1.10. The Hall–Kier alpha value is -1.63. The summed E-state index contributed by atoms with van der Waals surface area (Å²) in [6.45, 7) is 4.39. The molecule has 0 bridgehead atoms. The molecule has 1 unspecified atom stereocenters. The smallest absolute Gasteiger partial charge is 0.270 e. The van der Waals surface area contributed by atoms with Gasteiger partial charge in [-0.2, -0.15) is 0 Å². The van der Waals surface area contributed by atoms with Crippen LogP contribution < -0.4 is 10.6 Å². The van der Waals surface area contributed by atoms with Gasteiger partial charge in [-0.25, -0.2) is 13.4 Å². The summed E-state index contributed by atoms with van der Waals surface area (Å²) in [4.78, 5) is 15.8. The first-order valence-electron chi connectivity index (χ1n) is 6.00. The zero-order valence-corrected chi connectivity index (χ0v) is 12.1. The first-order chi connectivity index (χ1) is 8.81. The van der Waals surface area contributed by atoms with Gasteiger partial charge in [-0.05, 0) is 26.0 Å². The van der Waals surface area contributed by atoms with Gasteiger partial charge in [0, 0.05) is 18.8 Å². The molecule has 0 saturated heterocycles. The van der Waals surface area contributed by atoms with Crippen molar-refractivity contribution in [3.05, 3.63) is 24.0 Å². The molecule has 2 N–H and O–H groups in total. The second-order valence-electron chi connectivity index (χ2n) is 4.43. The molecule has 0 fully saturated rings.